The summed E-state index contributed by atoms with van der Waals surface area (Å²) < 4.78 is 0. The molecule has 0 bridgehead atoms. The predicted molar refractivity (Wildman–Crippen MR) is 117 cm³/mol. The molecule has 0 saturated carbocycles. The van der Waals surface area contributed by atoms with Crippen molar-refractivity contribution < 1.29 is 0 Å². The van der Waals surface area contributed by atoms with Crippen LogP contribution in [-0.2, 0) is 12.8 Å². The van der Waals surface area contributed by atoms with Crippen LogP contribution in [0.4, 0.5) is 0 Å². The summed E-state index contributed by atoms with van der Waals surface area (Å²) in [5, 5.41) is 1.40. The van der Waals surface area contributed by atoms with E-state index >= 15 is 0 Å². The van der Waals surface area contributed by atoms with Crippen LogP contribution in [0, 0.1) is 26.7 Å². The van der Waals surface area contributed by atoms with E-state index in [4.69, 9.17) is 0 Å². The molecule has 1 unspecified atom stereocenters. The van der Waals surface area contributed by atoms with E-state index in [9.17, 15) is 0 Å². The van der Waals surface area contributed by atoms with Gasteiger partial charge in [-0.05, 0) is 92.8 Å². The van der Waals surface area contributed by atoms with Gasteiger partial charge in [-0.15, -0.1) is 0 Å². The van der Waals surface area contributed by atoms with Crippen LogP contribution in [0.2, 0.25) is 0 Å². The van der Waals surface area contributed by atoms with Gasteiger partial charge in [0.1, 0.15) is 0 Å². The SMILES string of the molecule is C=C(/C(C)=C/c1ccc(C)cc1C)C1CCc2[nH]c3ccc(C)cc3c2C1. The Labute approximate surface area is 162 Å². The summed E-state index contributed by atoms with van der Waals surface area (Å²) in [6, 6.07) is 13.4. The molecule has 0 fully saturated rings. The van der Waals surface area contributed by atoms with Crippen molar-refractivity contribution in [2.24, 2.45) is 5.92 Å². The number of aryl methyl sites for hydroxylation is 4. The van der Waals surface area contributed by atoms with Crippen molar-refractivity contribution in [3.8, 4) is 0 Å². The van der Waals surface area contributed by atoms with Gasteiger partial charge in [-0.25, -0.2) is 0 Å². The molecule has 27 heavy (non-hydrogen) atoms. The van der Waals surface area contributed by atoms with Gasteiger partial charge < -0.3 is 4.98 Å². The molecule has 0 saturated heterocycles. The second-order valence-corrected chi connectivity index (χ2v) is 8.28. The second kappa shape index (κ2) is 6.88. The second-order valence-electron chi connectivity index (χ2n) is 8.28. The molecule has 1 aliphatic rings. The highest BCUT2D eigenvalue weighted by Crippen LogP contribution is 2.37. The summed E-state index contributed by atoms with van der Waals surface area (Å²) in [6.45, 7) is 13.2. The number of aromatic nitrogens is 1. The third-order valence-corrected chi connectivity index (χ3v) is 6.14. The Morgan fingerprint density at radius 1 is 1.07 bits per heavy atom. The van der Waals surface area contributed by atoms with Gasteiger partial charge >= 0.3 is 0 Å². The number of hydrogen-bond acceptors (Lipinski definition) is 0. The molecule has 0 radical (unpaired) electrons. The molecule has 1 heterocycles. The first kappa shape index (κ1) is 17.9. The average molecular weight is 356 g/mol. The first-order valence-corrected chi connectivity index (χ1v) is 9.97. The number of rotatable bonds is 3. The van der Waals surface area contributed by atoms with Crippen molar-refractivity contribution in [1.29, 1.82) is 0 Å². The summed E-state index contributed by atoms with van der Waals surface area (Å²) in [6.07, 6.45) is 5.70. The van der Waals surface area contributed by atoms with E-state index in [-0.39, 0.29) is 0 Å². The zero-order valence-electron chi connectivity index (χ0n) is 16.9. The molecule has 1 nitrogen and oxygen atoms in total. The molecule has 0 amide bonds. The maximum Gasteiger partial charge on any atom is 0.0459 e. The maximum atomic E-state index is 4.50. The number of aromatic amines is 1. The Hall–Kier alpha value is -2.54. The number of H-pyrrole nitrogens is 1. The zero-order valence-corrected chi connectivity index (χ0v) is 16.9. The molecule has 1 atom stereocenters. The van der Waals surface area contributed by atoms with Crippen LogP contribution in [0.5, 0.6) is 0 Å². The minimum absolute atomic E-state index is 0.527. The summed E-state index contributed by atoms with van der Waals surface area (Å²) in [7, 11) is 0. The van der Waals surface area contributed by atoms with Crippen LogP contribution in [0.15, 0.2) is 54.1 Å². The lowest BCUT2D eigenvalue weighted by Crippen LogP contribution is -2.16. The zero-order chi connectivity index (χ0) is 19.1. The van der Waals surface area contributed by atoms with Gasteiger partial charge in [0.2, 0.25) is 0 Å². The lowest BCUT2D eigenvalue weighted by atomic mass is 9.79. The van der Waals surface area contributed by atoms with Crippen molar-refractivity contribution in [2.45, 2.75) is 47.0 Å². The molecular formula is C26H29N. The van der Waals surface area contributed by atoms with E-state index in [0.29, 0.717) is 5.92 Å². The van der Waals surface area contributed by atoms with Crippen molar-refractivity contribution in [3.05, 3.63) is 87.6 Å². The minimum atomic E-state index is 0.527. The fraction of sp³-hybridized carbons (Fsp3) is 0.308. The number of benzene rings is 2. The molecule has 4 rings (SSSR count). The summed E-state index contributed by atoms with van der Waals surface area (Å²) in [5.41, 5.74) is 12.1. The highest BCUT2D eigenvalue weighted by atomic mass is 14.7. The monoisotopic (exact) mass is 355 g/mol. The van der Waals surface area contributed by atoms with E-state index < -0.39 is 0 Å². The molecule has 1 N–H and O–H groups in total. The third kappa shape index (κ3) is 3.39. The van der Waals surface area contributed by atoms with Crippen molar-refractivity contribution in [2.75, 3.05) is 0 Å². The van der Waals surface area contributed by atoms with E-state index in [2.05, 4.69) is 81.7 Å². The van der Waals surface area contributed by atoms with E-state index in [1.54, 1.807) is 0 Å². The Bertz CT molecular complexity index is 1060. The Morgan fingerprint density at radius 3 is 2.59 bits per heavy atom. The molecule has 0 aliphatic heterocycles. The summed E-state index contributed by atoms with van der Waals surface area (Å²) in [4.78, 5) is 3.64. The predicted octanol–water partition coefficient (Wildman–Crippen LogP) is 6.86. The number of hydrogen-bond donors (Lipinski definition) is 1. The van der Waals surface area contributed by atoms with Crippen molar-refractivity contribution in [3.63, 3.8) is 0 Å². The molecule has 1 aliphatic carbocycles. The number of fused-ring (bicyclic) bond motifs is 3. The fourth-order valence-electron chi connectivity index (χ4n) is 4.46. The largest absolute Gasteiger partial charge is 0.358 e. The van der Waals surface area contributed by atoms with E-state index in [1.165, 1.54) is 62.0 Å². The topological polar surface area (TPSA) is 15.8 Å². The van der Waals surface area contributed by atoms with Gasteiger partial charge in [-0.1, -0.05) is 48.0 Å². The van der Waals surface area contributed by atoms with Gasteiger partial charge in [-0.2, -0.15) is 0 Å². The van der Waals surface area contributed by atoms with Gasteiger partial charge in [0.05, 0.1) is 0 Å². The van der Waals surface area contributed by atoms with Gasteiger partial charge in [0.15, 0.2) is 0 Å². The highest BCUT2D eigenvalue weighted by molar-refractivity contribution is 5.85. The smallest absolute Gasteiger partial charge is 0.0459 e. The third-order valence-electron chi connectivity index (χ3n) is 6.14. The summed E-state index contributed by atoms with van der Waals surface area (Å²) in [5.74, 6) is 0.527. The molecule has 2 aromatic carbocycles. The molecule has 1 aromatic heterocycles. The van der Waals surface area contributed by atoms with Crippen molar-refractivity contribution in [1.82, 2.24) is 4.98 Å². The van der Waals surface area contributed by atoms with Gasteiger partial charge in [-0.3, -0.25) is 0 Å². The Morgan fingerprint density at radius 2 is 1.81 bits per heavy atom. The highest BCUT2D eigenvalue weighted by Gasteiger charge is 2.24. The maximum absolute atomic E-state index is 4.50. The molecule has 0 spiro atoms. The molecule has 3 aromatic rings. The van der Waals surface area contributed by atoms with Crippen molar-refractivity contribution >= 4 is 17.0 Å². The van der Waals surface area contributed by atoms with Crippen LogP contribution >= 0.6 is 0 Å². The number of nitrogens with one attached hydrogen (secondary N) is 1. The van der Waals surface area contributed by atoms with Crippen LogP contribution in [0.1, 0.15) is 46.9 Å². The number of allylic oxidation sites excluding steroid dienone is 2. The molecule has 1 heteroatoms. The quantitative estimate of drug-likeness (QED) is 0.494. The van der Waals surface area contributed by atoms with Crippen LogP contribution < -0.4 is 0 Å². The molecular weight excluding hydrogens is 326 g/mol. The summed E-state index contributed by atoms with van der Waals surface area (Å²) >= 11 is 0. The van der Waals surface area contributed by atoms with Crippen LogP contribution in [0.25, 0.3) is 17.0 Å². The first-order chi connectivity index (χ1) is 12.9. The minimum Gasteiger partial charge on any atom is -0.358 e. The lowest BCUT2D eigenvalue weighted by Gasteiger charge is -2.25. The average Bonchev–Trinajstić information content (AvgIpc) is 3.00. The fourth-order valence-corrected chi connectivity index (χ4v) is 4.46. The van der Waals surface area contributed by atoms with Crippen LogP contribution in [0.3, 0.4) is 0 Å². The van der Waals surface area contributed by atoms with E-state index in [1.807, 2.05) is 0 Å². The van der Waals surface area contributed by atoms with Crippen LogP contribution in [-0.4, -0.2) is 4.98 Å². The Balaban J connectivity index is 1.61. The first-order valence-electron chi connectivity index (χ1n) is 9.97. The normalized spacial score (nSPS) is 17.2. The lowest BCUT2D eigenvalue weighted by molar-refractivity contribution is 0.530. The molecule has 138 valence electrons. The van der Waals surface area contributed by atoms with Gasteiger partial charge in [0.25, 0.3) is 0 Å². The standard InChI is InChI=1S/C26H29N/c1-16-6-8-21(19(4)12-16)14-18(3)20(5)22-9-11-26-24(15-22)23-13-17(2)7-10-25(23)27-26/h6-8,10,12-14,22,27H,5,9,11,15H2,1-4H3/b18-14+. The Kier molecular flexibility index (Phi) is 4.55. The van der Waals surface area contributed by atoms with Gasteiger partial charge in [0, 0.05) is 16.6 Å². The van der Waals surface area contributed by atoms with E-state index in [0.717, 1.165) is 12.8 Å².